The van der Waals surface area contributed by atoms with Crippen molar-refractivity contribution in [1.82, 2.24) is 9.55 Å². The maximum Gasteiger partial charge on any atom is 0.327 e. The van der Waals surface area contributed by atoms with E-state index in [1.54, 1.807) is 0 Å². The molecule has 2 fully saturated rings. The van der Waals surface area contributed by atoms with Crippen molar-refractivity contribution < 1.29 is 14.3 Å². The number of carbonyl (C=O) groups excluding carboxylic acids is 1. The zero-order valence-electron chi connectivity index (χ0n) is 17.8. The normalized spacial score (nSPS) is 20.7. The lowest BCUT2D eigenvalue weighted by molar-refractivity contribution is 0.122. The van der Waals surface area contributed by atoms with Crippen LogP contribution in [0.3, 0.4) is 0 Å². The average Bonchev–Trinajstić information content (AvgIpc) is 3.39. The molecular weight excluding hydrogens is 392 g/mol. The van der Waals surface area contributed by atoms with E-state index in [0.717, 1.165) is 42.7 Å². The zero-order chi connectivity index (χ0) is 21.4. The summed E-state index contributed by atoms with van der Waals surface area (Å²) >= 11 is 0. The minimum absolute atomic E-state index is 0.236. The van der Waals surface area contributed by atoms with Gasteiger partial charge in [0.2, 0.25) is 0 Å². The van der Waals surface area contributed by atoms with E-state index in [-0.39, 0.29) is 6.01 Å². The van der Waals surface area contributed by atoms with Crippen LogP contribution in [-0.4, -0.2) is 49.0 Å². The van der Waals surface area contributed by atoms with Gasteiger partial charge in [-0.3, -0.25) is 0 Å². The van der Waals surface area contributed by atoms with Gasteiger partial charge < -0.3 is 20.1 Å². The van der Waals surface area contributed by atoms with Gasteiger partial charge in [-0.2, -0.15) is 4.98 Å². The number of hydrogen-bond acceptors (Lipinski definition) is 5. The number of carbonyl (C=O) groups is 1. The number of primary amides is 1. The van der Waals surface area contributed by atoms with E-state index in [1.165, 1.54) is 23.7 Å². The smallest absolute Gasteiger partial charge is 0.327 e. The predicted octanol–water partition coefficient (Wildman–Crippen LogP) is 3.23. The number of fused-ring (bicyclic) bond motifs is 1. The molecule has 2 atom stereocenters. The van der Waals surface area contributed by atoms with Gasteiger partial charge in [0.05, 0.1) is 31.4 Å². The second kappa shape index (κ2) is 8.23. The van der Waals surface area contributed by atoms with Crippen LogP contribution in [0.15, 0.2) is 42.5 Å². The fourth-order valence-corrected chi connectivity index (χ4v) is 4.73. The van der Waals surface area contributed by atoms with Crippen LogP contribution >= 0.6 is 0 Å². The summed E-state index contributed by atoms with van der Waals surface area (Å²) in [5.74, 6) is 1.30. The Kier molecular flexibility index (Phi) is 5.28. The third-order valence-electron chi connectivity index (χ3n) is 6.46. The molecule has 3 aromatic rings. The molecule has 7 heteroatoms. The number of rotatable bonds is 6. The molecular formula is C24H28N4O3. The number of methoxy groups -OCH3 is 1. The van der Waals surface area contributed by atoms with Gasteiger partial charge >= 0.3 is 12.0 Å². The Morgan fingerprint density at radius 1 is 1.16 bits per heavy atom. The van der Waals surface area contributed by atoms with Gasteiger partial charge in [0, 0.05) is 18.8 Å². The lowest BCUT2D eigenvalue weighted by Crippen LogP contribution is -2.36. The van der Waals surface area contributed by atoms with E-state index in [2.05, 4.69) is 46.3 Å². The van der Waals surface area contributed by atoms with Crippen LogP contribution in [-0.2, 0) is 17.6 Å². The lowest BCUT2D eigenvalue weighted by Gasteiger charge is -2.29. The molecule has 0 spiro atoms. The number of hydrogen-bond donors (Lipinski definition) is 1. The Labute approximate surface area is 181 Å². The summed E-state index contributed by atoms with van der Waals surface area (Å²) in [7, 11) is 1.51. The van der Waals surface area contributed by atoms with Crippen LogP contribution in [0.25, 0.3) is 11.0 Å². The zero-order valence-corrected chi connectivity index (χ0v) is 17.8. The Morgan fingerprint density at radius 2 is 1.90 bits per heavy atom. The summed E-state index contributed by atoms with van der Waals surface area (Å²) in [6, 6.07) is 14.5. The van der Waals surface area contributed by atoms with Crippen LogP contribution in [0.2, 0.25) is 0 Å². The highest BCUT2D eigenvalue weighted by Crippen LogP contribution is 2.45. The maximum atomic E-state index is 12.2. The van der Waals surface area contributed by atoms with Gasteiger partial charge in [-0.15, -0.1) is 0 Å². The molecule has 1 aliphatic carbocycles. The highest BCUT2D eigenvalue weighted by Gasteiger charge is 2.37. The van der Waals surface area contributed by atoms with Gasteiger partial charge in [-0.1, -0.05) is 30.3 Å². The third-order valence-corrected chi connectivity index (χ3v) is 6.46. The minimum Gasteiger partial charge on any atom is -0.468 e. The van der Waals surface area contributed by atoms with Gasteiger partial charge in [0.15, 0.2) is 0 Å². The Morgan fingerprint density at radius 3 is 2.61 bits per heavy atom. The number of aromatic nitrogens is 2. The Bertz CT molecular complexity index is 1090. The lowest BCUT2D eigenvalue weighted by atomic mass is 10.0. The van der Waals surface area contributed by atoms with E-state index < -0.39 is 6.03 Å². The van der Waals surface area contributed by atoms with Crippen molar-refractivity contribution in [3.05, 3.63) is 53.6 Å². The number of ether oxygens (including phenoxy) is 2. The van der Waals surface area contributed by atoms with Crippen LogP contribution in [0.1, 0.15) is 17.5 Å². The highest BCUT2D eigenvalue weighted by molar-refractivity contribution is 5.93. The number of imidazole rings is 1. The molecule has 2 aliphatic rings. The largest absolute Gasteiger partial charge is 0.468 e. The van der Waals surface area contributed by atoms with Gasteiger partial charge in [-0.25, -0.2) is 9.36 Å². The van der Waals surface area contributed by atoms with Crippen molar-refractivity contribution >= 4 is 22.8 Å². The highest BCUT2D eigenvalue weighted by atomic mass is 16.5. The molecule has 162 valence electrons. The van der Waals surface area contributed by atoms with Crippen molar-refractivity contribution in [2.75, 3.05) is 38.3 Å². The average molecular weight is 421 g/mol. The fraction of sp³-hybridized carbons (Fsp3) is 0.417. The first-order chi connectivity index (χ1) is 15.1. The van der Waals surface area contributed by atoms with Crippen LogP contribution in [0.4, 0.5) is 10.5 Å². The fourth-order valence-electron chi connectivity index (χ4n) is 4.73. The second-order valence-electron chi connectivity index (χ2n) is 8.49. The maximum absolute atomic E-state index is 12.2. The third kappa shape index (κ3) is 3.97. The molecule has 2 N–H and O–H groups in total. The standard InChI is InChI=1S/C24H28N4O3/c1-30-24-26-22-19(13-18-12-17(18)11-16-5-3-2-4-6-16)14-20(27-7-9-31-10-8-27)15-21(22)28(24)23(25)29/h2-6,14-15,17-18H,7-13H2,1H3,(H2,25,29). The van der Waals surface area contributed by atoms with Crippen molar-refractivity contribution in [3.63, 3.8) is 0 Å². The molecule has 1 aliphatic heterocycles. The number of benzene rings is 2. The molecule has 1 aromatic heterocycles. The van der Waals surface area contributed by atoms with Crippen molar-refractivity contribution in [2.24, 2.45) is 17.6 Å². The summed E-state index contributed by atoms with van der Waals surface area (Å²) in [6.07, 6.45) is 3.26. The first-order valence-corrected chi connectivity index (χ1v) is 10.9. The summed E-state index contributed by atoms with van der Waals surface area (Å²) in [5, 5.41) is 0. The second-order valence-corrected chi connectivity index (χ2v) is 8.49. The number of anilines is 1. The van der Waals surface area contributed by atoms with E-state index in [1.807, 2.05) is 6.07 Å². The van der Waals surface area contributed by atoms with Crippen LogP contribution in [0.5, 0.6) is 6.01 Å². The quantitative estimate of drug-likeness (QED) is 0.662. The van der Waals surface area contributed by atoms with Gasteiger partial charge in [-0.05, 0) is 54.4 Å². The molecule has 5 rings (SSSR count). The monoisotopic (exact) mass is 420 g/mol. The predicted molar refractivity (Wildman–Crippen MR) is 120 cm³/mol. The summed E-state index contributed by atoms with van der Waals surface area (Å²) < 4.78 is 12.3. The number of amides is 1. The van der Waals surface area contributed by atoms with Gasteiger partial charge in [0.1, 0.15) is 0 Å². The van der Waals surface area contributed by atoms with Crippen molar-refractivity contribution in [3.8, 4) is 6.01 Å². The molecule has 0 radical (unpaired) electrons. The Balaban J connectivity index is 1.48. The molecule has 31 heavy (non-hydrogen) atoms. The molecule has 2 unspecified atom stereocenters. The topological polar surface area (TPSA) is 82.6 Å². The number of nitrogens with two attached hydrogens (primary N) is 1. The van der Waals surface area contributed by atoms with Crippen molar-refractivity contribution in [1.29, 1.82) is 0 Å². The summed E-state index contributed by atoms with van der Waals surface area (Å²) in [5.41, 5.74) is 10.8. The van der Waals surface area contributed by atoms with Crippen LogP contribution < -0.4 is 15.4 Å². The first kappa shape index (κ1) is 19.9. The van der Waals surface area contributed by atoms with E-state index >= 15 is 0 Å². The molecule has 1 saturated carbocycles. The molecule has 2 heterocycles. The molecule has 1 saturated heterocycles. The minimum atomic E-state index is -0.585. The van der Waals surface area contributed by atoms with E-state index in [9.17, 15) is 4.79 Å². The van der Waals surface area contributed by atoms with E-state index in [0.29, 0.717) is 30.6 Å². The molecule has 0 bridgehead atoms. The molecule has 7 nitrogen and oxygen atoms in total. The summed E-state index contributed by atoms with van der Waals surface area (Å²) in [6.45, 7) is 3.06. The number of morpholine rings is 1. The molecule has 1 amide bonds. The van der Waals surface area contributed by atoms with E-state index in [4.69, 9.17) is 15.2 Å². The molecule has 2 aromatic carbocycles. The van der Waals surface area contributed by atoms with Gasteiger partial charge in [0.25, 0.3) is 0 Å². The Hall–Kier alpha value is -3.06. The SMILES string of the molecule is COc1nc2c(CC3CC3Cc3ccccc3)cc(N3CCOCC3)cc2n1C(N)=O. The van der Waals surface area contributed by atoms with Crippen LogP contribution in [0, 0.1) is 11.8 Å². The number of nitrogens with zero attached hydrogens (tertiary/aromatic N) is 3. The first-order valence-electron chi connectivity index (χ1n) is 10.9. The van der Waals surface area contributed by atoms with Crippen molar-refractivity contribution in [2.45, 2.75) is 19.3 Å². The summed E-state index contributed by atoms with van der Waals surface area (Å²) in [4.78, 5) is 19.1.